The van der Waals surface area contributed by atoms with E-state index in [1.54, 1.807) is 36.1 Å². The van der Waals surface area contributed by atoms with Gasteiger partial charge in [-0.25, -0.2) is 4.79 Å². The minimum absolute atomic E-state index is 0.177. The van der Waals surface area contributed by atoms with Gasteiger partial charge in [-0.05, 0) is 31.9 Å². The van der Waals surface area contributed by atoms with Gasteiger partial charge in [0, 0.05) is 13.1 Å². The predicted molar refractivity (Wildman–Crippen MR) is 81.5 cm³/mol. The molecule has 1 aliphatic heterocycles. The van der Waals surface area contributed by atoms with Crippen LogP contribution in [0.15, 0.2) is 24.3 Å². The summed E-state index contributed by atoms with van der Waals surface area (Å²) in [6.45, 7) is 3.40. The molecule has 0 spiro atoms. The molecule has 0 radical (unpaired) electrons. The van der Waals surface area contributed by atoms with E-state index < -0.39 is 11.9 Å². The van der Waals surface area contributed by atoms with Crippen molar-refractivity contribution in [3.05, 3.63) is 29.8 Å². The lowest BCUT2D eigenvalue weighted by atomic mass is 10.1. The number of hydrogen-bond acceptors (Lipinski definition) is 4. The molecule has 22 heavy (non-hydrogen) atoms. The predicted octanol–water partition coefficient (Wildman–Crippen LogP) is 1.81. The lowest BCUT2D eigenvalue weighted by Gasteiger charge is -2.15. The Bertz CT molecular complexity index is 565. The van der Waals surface area contributed by atoms with Gasteiger partial charge in [0.1, 0.15) is 6.42 Å². The molecule has 0 aromatic heterocycles. The molecular formula is C16H20N2O4. The van der Waals surface area contributed by atoms with Crippen molar-refractivity contribution < 1.29 is 19.1 Å². The highest BCUT2D eigenvalue weighted by atomic mass is 16.5. The zero-order valence-corrected chi connectivity index (χ0v) is 12.6. The van der Waals surface area contributed by atoms with Crippen molar-refractivity contribution in [2.45, 2.75) is 26.2 Å². The summed E-state index contributed by atoms with van der Waals surface area (Å²) in [7, 11) is 0. The number of anilines is 1. The first-order chi connectivity index (χ1) is 10.6. The van der Waals surface area contributed by atoms with Crippen molar-refractivity contribution in [3.8, 4) is 0 Å². The van der Waals surface area contributed by atoms with E-state index in [-0.39, 0.29) is 24.5 Å². The van der Waals surface area contributed by atoms with E-state index in [1.807, 2.05) is 0 Å². The summed E-state index contributed by atoms with van der Waals surface area (Å²) in [6.07, 6.45) is 1.76. The number of rotatable bonds is 5. The summed E-state index contributed by atoms with van der Waals surface area (Å²) >= 11 is 0. The Hall–Kier alpha value is -2.37. The van der Waals surface area contributed by atoms with Crippen molar-refractivity contribution in [1.29, 1.82) is 0 Å². The van der Waals surface area contributed by atoms with Gasteiger partial charge in [0.25, 0.3) is 0 Å². The summed E-state index contributed by atoms with van der Waals surface area (Å²) in [4.78, 5) is 37.5. The lowest BCUT2D eigenvalue weighted by molar-refractivity contribution is -0.133. The van der Waals surface area contributed by atoms with Crippen LogP contribution >= 0.6 is 0 Å². The Kier molecular flexibility index (Phi) is 5.52. The number of benzene rings is 1. The van der Waals surface area contributed by atoms with Crippen molar-refractivity contribution in [2.24, 2.45) is 0 Å². The Balaban J connectivity index is 1.99. The molecule has 1 N–H and O–H groups in total. The Morgan fingerprint density at radius 3 is 2.55 bits per heavy atom. The monoisotopic (exact) mass is 304 g/mol. The van der Waals surface area contributed by atoms with E-state index in [1.165, 1.54) is 0 Å². The first-order valence-electron chi connectivity index (χ1n) is 7.45. The molecule has 1 aliphatic rings. The lowest BCUT2D eigenvalue weighted by Crippen LogP contribution is -2.31. The number of para-hydroxylation sites is 1. The van der Waals surface area contributed by atoms with Crippen LogP contribution in [0.4, 0.5) is 5.69 Å². The van der Waals surface area contributed by atoms with Crippen molar-refractivity contribution >= 4 is 23.5 Å². The van der Waals surface area contributed by atoms with Crippen LogP contribution in [-0.2, 0) is 14.3 Å². The molecule has 0 unspecified atom stereocenters. The van der Waals surface area contributed by atoms with Gasteiger partial charge in [-0.1, -0.05) is 12.1 Å². The Labute approximate surface area is 129 Å². The average molecular weight is 304 g/mol. The number of ether oxygens (including phenoxy) is 1. The van der Waals surface area contributed by atoms with Gasteiger partial charge >= 0.3 is 5.97 Å². The molecule has 1 aromatic rings. The number of likely N-dealkylation sites (tertiary alicyclic amines) is 1. The molecule has 6 nitrogen and oxygen atoms in total. The molecule has 1 aromatic carbocycles. The third-order valence-corrected chi connectivity index (χ3v) is 3.47. The number of nitrogens with one attached hydrogen (secondary N) is 1. The highest BCUT2D eigenvalue weighted by Gasteiger charge is 2.21. The van der Waals surface area contributed by atoms with Gasteiger partial charge in [-0.2, -0.15) is 0 Å². The minimum Gasteiger partial charge on any atom is -0.462 e. The van der Waals surface area contributed by atoms with Gasteiger partial charge in [-0.3, -0.25) is 9.59 Å². The summed E-state index contributed by atoms with van der Waals surface area (Å²) < 4.78 is 4.95. The number of carbonyl (C=O) groups is 3. The third kappa shape index (κ3) is 4.07. The minimum atomic E-state index is -0.496. The van der Waals surface area contributed by atoms with Crippen LogP contribution in [0, 0.1) is 0 Å². The Morgan fingerprint density at radius 2 is 1.86 bits per heavy atom. The maximum Gasteiger partial charge on any atom is 0.340 e. The number of carbonyl (C=O) groups excluding carboxylic acids is 3. The van der Waals surface area contributed by atoms with Gasteiger partial charge in [0.2, 0.25) is 11.8 Å². The number of esters is 1. The van der Waals surface area contributed by atoms with E-state index >= 15 is 0 Å². The smallest absolute Gasteiger partial charge is 0.340 e. The molecule has 1 heterocycles. The first-order valence-corrected chi connectivity index (χ1v) is 7.45. The van der Waals surface area contributed by atoms with Crippen molar-refractivity contribution in [2.75, 3.05) is 25.0 Å². The summed E-state index contributed by atoms with van der Waals surface area (Å²) in [5, 5.41) is 2.62. The van der Waals surface area contributed by atoms with Crippen LogP contribution in [0.3, 0.4) is 0 Å². The van der Waals surface area contributed by atoms with Gasteiger partial charge < -0.3 is 15.0 Å². The first kappa shape index (κ1) is 16.0. The maximum atomic E-state index is 12.0. The molecule has 2 amide bonds. The fourth-order valence-corrected chi connectivity index (χ4v) is 2.39. The molecule has 1 saturated heterocycles. The van der Waals surface area contributed by atoms with Gasteiger partial charge in [0.15, 0.2) is 0 Å². The molecule has 6 heteroatoms. The van der Waals surface area contributed by atoms with Crippen LogP contribution in [0.5, 0.6) is 0 Å². The maximum absolute atomic E-state index is 12.0. The molecule has 0 atom stereocenters. The SMILES string of the molecule is CCOC(=O)c1ccccc1NC(=O)CC(=O)N1CCCC1. The molecule has 0 saturated carbocycles. The normalized spacial score (nSPS) is 13.8. The van der Waals surface area contributed by atoms with Crippen LogP contribution < -0.4 is 5.32 Å². The van der Waals surface area contributed by atoms with Crippen molar-refractivity contribution in [1.82, 2.24) is 4.90 Å². The van der Waals surface area contributed by atoms with Crippen LogP contribution in [-0.4, -0.2) is 42.4 Å². The van der Waals surface area contributed by atoms with E-state index in [9.17, 15) is 14.4 Å². The number of hydrogen-bond donors (Lipinski definition) is 1. The van der Waals surface area contributed by atoms with E-state index in [4.69, 9.17) is 4.74 Å². The number of nitrogens with zero attached hydrogens (tertiary/aromatic N) is 1. The summed E-state index contributed by atoms with van der Waals surface area (Å²) in [6, 6.07) is 6.60. The highest BCUT2D eigenvalue weighted by molar-refractivity contribution is 6.06. The fourth-order valence-electron chi connectivity index (χ4n) is 2.39. The highest BCUT2D eigenvalue weighted by Crippen LogP contribution is 2.17. The second kappa shape index (κ2) is 7.59. The summed E-state index contributed by atoms with van der Waals surface area (Å²) in [5.41, 5.74) is 0.645. The second-order valence-electron chi connectivity index (χ2n) is 5.08. The second-order valence-corrected chi connectivity index (χ2v) is 5.08. The Morgan fingerprint density at radius 1 is 1.18 bits per heavy atom. The topological polar surface area (TPSA) is 75.7 Å². The van der Waals surface area contributed by atoms with E-state index in [0.29, 0.717) is 18.8 Å². The van der Waals surface area contributed by atoms with E-state index in [2.05, 4.69) is 5.32 Å². The zero-order chi connectivity index (χ0) is 15.9. The van der Waals surface area contributed by atoms with Crippen molar-refractivity contribution in [3.63, 3.8) is 0 Å². The van der Waals surface area contributed by atoms with Gasteiger partial charge in [0.05, 0.1) is 17.9 Å². The largest absolute Gasteiger partial charge is 0.462 e. The summed E-state index contributed by atoms with van der Waals surface area (Å²) in [5.74, 6) is -1.10. The average Bonchev–Trinajstić information content (AvgIpc) is 3.02. The van der Waals surface area contributed by atoms with Crippen LogP contribution in [0.25, 0.3) is 0 Å². The van der Waals surface area contributed by atoms with E-state index in [0.717, 1.165) is 12.8 Å². The molecule has 0 aliphatic carbocycles. The molecule has 0 bridgehead atoms. The molecule has 118 valence electrons. The molecule has 1 fully saturated rings. The standard InChI is InChI=1S/C16H20N2O4/c1-2-22-16(21)12-7-3-4-8-13(12)17-14(19)11-15(20)18-9-5-6-10-18/h3-4,7-8H,2,5-6,9-11H2,1H3,(H,17,19). The van der Waals surface area contributed by atoms with Crippen LogP contribution in [0.1, 0.15) is 36.5 Å². The fraction of sp³-hybridized carbons (Fsp3) is 0.438. The third-order valence-electron chi connectivity index (χ3n) is 3.47. The number of amides is 2. The quantitative estimate of drug-likeness (QED) is 0.665. The molecule has 2 rings (SSSR count). The van der Waals surface area contributed by atoms with Crippen LogP contribution in [0.2, 0.25) is 0 Å². The van der Waals surface area contributed by atoms with Gasteiger partial charge in [-0.15, -0.1) is 0 Å². The molecular weight excluding hydrogens is 284 g/mol. The zero-order valence-electron chi connectivity index (χ0n) is 12.6.